The van der Waals surface area contributed by atoms with Crippen LogP contribution in [0.2, 0.25) is 0 Å². The van der Waals surface area contributed by atoms with Crippen LogP contribution in [0.25, 0.3) is 0 Å². The van der Waals surface area contributed by atoms with Crippen molar-refractivity contribution in [3.05, 3.63) is 12.2 Å². The van der Waals surface area contributed by atoms with Crippen molar-refractivity contribution in [3.8, 4) is 0 Å². The van der Waals surface area contributed by atoms with Gasteiger partial charge in [0.2, 0.25) is 0 Å². The standard InChI is InChI=1S/C10H20O3/c1-9(6-8-11)5-4-7-10(2,3)13-12/h4,7,9,11-12H,5-6,8H2,1-3H3/b7-4+/t9-/m1/s1. The van der Waals surface area contributed by atoms with Crippen molar-refractivity contribution < 1.29 is 15.3 Å². The van der Waals surface area contributed by atoms with Gasteiger partial charge in [-0.3, -0.25) is 5.26 Å². The third-order valence-electron chi connectivity index (χ3n) is 1.91. The first-order chi connectivity index (χ1) is 6.02. The summed E-state index contributed by atoms with van der Waals surface area (Å²) in [6.45, 7) is 5.86. The summed E-state index contributed by atoms with van der Waals surface area (Å²) in [5, 5.41) is 17.1. The number of hydrogen-bond acceptors (Lipinski definition) is 3. The van der Waals surface area contributed by atoms with E-state index in [1.807, 2.05) is 12.2 Å². The van der Waals surface area contributed by atoms with Gasteiger partial charge in [0.25, 0.3) is 0 Å². The fourth-order valence-electron chi connectivity index (χ4n) is 0.953. The van der Waals surface area contributed by atoms with Crippen LogP contribution >= 0.6 is 0 Å². The number of aliphatic hydroxyl groups is 1. The average molecular weight is 188 g/mol. The summed E-state index contributed by atoms with van der Waals surface area (Å²) < 4.78 is 0. The van der Waals surface area contributed by atoms with Gasteiger partial charge in [0, 0.05) is 6.61 Å². The molecule has 0 saturated carbocycles. The smallest absolute Gasteiger partial charge is 0.116 e. The summed E-state index contributed by atoms with van der Waals surface area (Å²) in [7, 11) is 0. The molecule has 0 aliphatic carbocycles. The maximum Gasteiger partial charge on any atom is 0.116 e. The largest absolute Gasteiger partial charge is 0.396 e. The van der Waals surface area contributed by atoms with Crippen LogP contribution in [-0.4, -0.2) is 22.6 Å². The Hall–Kier alpha value is -0.380. The van der Waals surface area contributed by atoms with Crippen molar-refractivity contribution in [2.24, 2.45) is 5.92 Å². The summed E-state index contributed by atoms with van der Waals surface area (Å²) in [5.74, 6) is 0.468. The van der Waals surface area contributed by atoms with Crippen molar-refractivity contribution in [1.82, 2.24) is 0 Å². The van der Waals surface area contributed by atoms with Gasteiger partial charge in [-0.25, -0.2) is 4.89 Å². The van der Waals surface area contributed by atoms with Crippen LogP contribution in [0, 0.1) is 5.92 Å². The second kappa shape index (κ2) is 6.13. The minimum absolute atomic E-state index is 0.231. The predicted octanol–water partition coefficient (Wildman–Crippen LogP) is 2.22. The van der Waals surface area contributed by atoms with Crippen molar-refractivity contribution in [3.63, 3.8) is 0 Å². The molecular formula is C10H20O3. The van der Waals surface area contributed by atoms with E-state index in [9.17, 15) is 0 Å². The highest BCUT2D eigenvalue weighted by Crippen LogP contribution is 2.12. The van der Waals surface area contributed by atoms with Gasteiger partial charge >= 0.3 is 0 Å². The molecule has 3 heteroatoms. The fourth-order valence-corrected chi connectivity index (χ4v) is 0.953. The molecule has 0 heterocycles. The molecule has 2 N–H and O–H groups in total. The summed E-state index contributed by atoms with van der Waals surface area (Å²) in [6, 6.07) is 0. The summed E-state index contributed by atoms with van der Waals surface area (Å²) in [6.07, 6.45) is 5.50. The Morgan fingerprint density at radius 3 is 2.54 bits per heavy atom. The van der Waals surface area contributed by atoms with Crippen LogP contribution in [0.4, 0.5) is 0 Å². The summed E-state index contributed by atoms with van der Waals surface area (Å²) in [4.78, 5) is 4.24. The predicted molar refractivity (Wildman–Crippen MR) is 52.4 cm³/mol. The van der Waals surface area contributed by atoms with Crippen molar-refractivity contribution in [2.75, 3.05) is 6.61 Å². The van der Waals surface area contributed by atoms with Crippen molar-refractivity contribution in [1.29, 1.82) is 0 Å². The minimum atomic E-state index is -0.612. The maximum absolute atomic E-state index is 8.65. The highest BCUT2D eigenvalue weighted by molar-refractivity contribution is 4.96. The Morgan fingerprint density at radius 2 is 2.08 bits per heavy atom. The van der Waals surface area contributed by atoms with Crippen LogP contribution in [0.5, 0.6) is 0 Å². The molecule has 0 bridgehead atoms. The fraction of sp³-hybridized carbons (Fsp3) is 0.800. The summed E-state index contributed by atoms with van der Waals surface area (Å²) in [5.41, 5.74) is -0.612. The van der Waals surface area contributed by atoms with E-state index in [1.165, 1.54) is 0 Å². The molecular weight excluding hydrogens is 168 g/mol. The van der Waals surface area contributed by atoms with Gasteiger partial charge < -0.3 is 5.11 Å². The molecule has 0 aromatic rings. The second-order valence-corrected chi connectivity index (χ2v) is 3.95. The highest BCUT2D eigenvalue weighted by Gasteiger charge is 2.12. The third kappa shape index (κ3) is 6.75. The normalized spacial score (nSPS) is 15.2. The van der Waals surface area contributed by atoms with Crippen LogP contribution in [0.1, 0.15) is 33.6 Å². The number of rotatable bonds is 6. The molecule has 0 unspecified atom stereocenters. The zero-order valence-corrected chi connectivity index (χ0v) is 8.66. The Bertz CT molecular complexity index is 152. The van der Waals surface area contributed by atoms with Gasteiger partial charge in [0.1, 0.15) is 5.60 Å². The molecule has 1 atom stereocenters. The molecule has 0 aromatic heterocycles. The quantitative estimate of drug-likeness (QED) is 0.382. The lowest BCUT2D eigenvalue weighted by Crippen LogP contribution is -2.18. The Labute approximate surface area is 80.0 Å². The van der Waals surface area contributed by atoms with Gasteiger partial charge in [0.05, 0.1) is 0 Å². The molecule has 78 valence electrons. The van der Waals surface area contributed by atoms with Gasteiger partial charge in [-0.1, -0.05) is 19.1 Å². The average Bonchev–Trinajstić information content (AvgIpc) is 2.05. The van der Waals surface area contributed by atoms with E-state index in [0.29, 0.717) is 5.92 Å². The van der Waals surface area contributed by atoms with Gasteiger partial charge in [-0.15, -0.1) is 0 Å². The van der Waals surface area contributed by atoms with E-state index in [-0.39, 0.29) is 6.61 Å². The molecule has 0 rings (SSSR count). The van der Waals surface area contributed by atoms with E-state index in [1.54, 1.807) is 13.8 Å². The van der Waals surface area contributed by atoms with Crippen LogP contribution in [0.15, 0.2) is 12.2 Å². The zero-order chi connectivity index (χ0) is 10.3. The highest BCUT2D eigenvalue weighted by atomic mass is 17.1. The molecule has 0 radical (unpaired) electrons. The molecule has 0 spiro atoms. The first kappa shape index (κ1) is 12.6. The molecule has 0 aliphatic rings. The second-order valence-electron chi connectivity index (χ2n) is 3.95. The van der Waals surface area contributed by atoms with E-state index >= 15 is 0 Å². The van der Waals surface area contributed by atoms with Gasteiger partial charge in [-0.2, -0.15) is 0 Å². The molecule has 13 heavy (non-hydrogen) atoms. The van der Waals surface area contributed by atoms with Gasteiger partial charge in [0.15, 0.2) is 0 Å². The molecule has 3 nitrogen and oxygen atoms in total. The number of aliphatic hydroxyl groups excluding tert-OH is 1. The Morgan fingerprint density at radius 1 is 1.46 bits per heavy atom. The molecule has 0 aromatic carbocycles. The Balaban J connectivity index is 3.73. The summed E-state index contributed by atoms with van der Waals surface area (Å²) >= 11 is 0. The van der Waals surface area contributed by atoms with Crippen LogP contribution < -0.4 is 0 Å². The molecule has 0 fully saturated rings. The van der Waals surface area contributed by atoms with E-state index in [0.717, 1.165) is 12.8 Å². The Kier molecular flexibility index (Phi) is 5.95. The van der Waals surface area contributed by atoms with Crippen molar-refractivity contribution >= 4 is 0 Å². The topological polar surface area (TPSA) is 49.7 Å². The zero-order valence-electron chi connectivity index (χ0n) is 8.66. The molecule has 0 amide bonds. The first-order valence-corrected chi connectivity index (χ1v) is 4.63. The third-order valence-corrected chi connectivity index (χ3v) is 1.91. The van der Waals surface area contributed by atoms with E-state index in [2.05, 4.69) is 11.8 Å². The molecule has 0 saturated heterocycles. The minimum Gasteiger partial charge on any atom is -0.396 e. The van der Waals surface area contributed by atoms with E-state index in [4.69, 9.17) is 10.4 Å². The lowest BCUT2D eigenvalue weighted by atomic mass is 10.0. The number of allylic oxidation sites excluding steroid dienone is 1. The first-order valence-electron chi connectivity index (χ1n) is 4.63. The van der Waals surface area contributed by atoms with E-state index < -0.39 is 5.60 Å². The van der Waals surface area contributed by atoms with Crippen LogP contribution in [0.3, 0.4) is 0 Å². The lowest BCUT2D eigenvalue weighted by molar-refractivity contribution is -0.297. The van der Waals surface area contributed by atoms with Crippen LogP contribution in [-0.2, 0) is 4.89 Å². The SMILES string of the molecule is C[C@H](C/C=C/C(C)(C)OO)CCO. The maximum atomic E-state index is 8.65. The number of hydrogen-bond donors (Lipinski definition) is 2. The molecule has 0 aliphatic heterocycles. The van der Waals surface area contributed by atoms with Crippen molar-refractivity contribution in [2.45, 2.75) is 39.2 Å². The monoisotopic (exact) mass is 188 g/mol. The lowest BCUT2D eigenvalue weighted by Gasteiger charge is -2.15. The van der Waals surface area contributed by atoms with Gasteiger partial charge in [-0.05, 0) is 32.6 Å².